The molecule has 0 amide bonds. The topological polar surface area (TPSA) is 31.4 Å². The van der Waals surface area contributed by atoms with Gasteiger partial charge in [0.15, 0.2) is 10.2 Å². The number of piperazine rings is 1. The molecule has 2 aromatic carbocycles. The van der Waals surface area contributed by atoms with Gasteiger partial charge in [0.25, 0.3) is 0 Å². The Bertz CT molecular complexity index is 963. The molecule has 4 nitrogen and oxygen atoms in total. The maximum Gasteiger partial charge on any atom is 0.185 e. The van der Waals surface area contributed by atoms with Gasteiger partial charge in [0.1, 0.15) is 5.82 Å². The molecule has 2 heterocycles. The first-order chi connectivity index (χ1) is 13.6. The molecule has 0 bridgehead atoms. The van der Waals surface area contributed by atoms with Crippen LogP contribution in [0.25, 0.3) is 11.3 Å². The average molecular weight is 413 g/mol. The molecule has 1 aliphatic rings. The van der Waals surface area contributed by atoms with Crippen molar-refractivity contribution in [3.05, 3.63) is 65.3 Å². The highest BCUT2D eigenvalue weighted by atomic mass is 32.1. The highest BCUT2D eigenvalue weighted by Crippen LogP contribution is 2.28. The summed E-state index contributed by atoms with van der Waals surface area (Å²) in [4.78, 5) is 9.22. The van der Waals surface area contributed by atoms with E-state index in [2.05, 4.69) is 28.1 Å². The van der Waals surface area contributed by atoms with Crippen LogP contribution in [0.5, 0.6) is 0 Å². The third-order valence-electron chi connectivity index (χ3n) is 4.86. The highest BCUT2D eigenvalue weighted by molar-refractivity contribution is 7.80. The third-order valence-corrected chi connectivity index (χ3v) is 6.12. The number of thiazole rings is 1. The Balaban J connectivity index is 1.36. The van der Waals surface area contributed by atoms with Crippen LogP contribution in [0.2, 0.25) is 0 Å². The van der Waals surface area contributed by atoms with E-state index >= 15 is 0 Å². The molecule has 0 radical (unpaired) electrons. The monoisotopic (exact) mass is 412 g/mol. The summed E-state index contributed by atoms with van der Waals surface area (Å²) in [5.74, 6) is -0.231. The standard InChI is InChI=1S/C21H21FN4S2/c1-15-4-2-3-5-18(15)23-20(27)25-10-12-26(13-11-25)21-24-19(14-28-21)16-6-8-17(22)9-7-16/h2-9,14H,10-13H2,1H3,(H,23,27). The molecule has 1 aromatic heterocycles. The highest BCUT2D eigenvalue weighted by Gasteiger charge is 2.21. The lowest BCUT2D eigenvalue weighted by molar-refractivity contribution is 0.390. The Labute approximate surface area is 173 Å². The van der Waals surface area contributed by atoms with Crippen LogP contribution in [0.15, 0.2) is 53.9 Å². The Kier molecular flexibility index (Phi) is 5.54. The zero-order valence-corrected chi connectivity index (χ0v) is 17.2. The molecule has 0 unspecified atom stereocenters. The molecule has 0 atom stereocenters. The van der Waals surface area contributed by atoms with Crippen molar-refractivity contribution < 1.29 is 4.39 Å². The van der Waals surface area contributed by atoms with Crippen molar-refractivity contribution in [2.75, 3.05) is 36.4 Å². The van der Waals surface area contributed by atoms with Crippen LogP contribution in [0.1, 0.15) is 5.56 Å². The van der Waals surface area contributed by atoms with E-state index in [-0.39, 0.29) is 5.82 Å². The second kappa shape index (κ2) is 8.24. The Morgan fingerprint density at radius 3 is 2.50 bits per heavy atom. The number of hydrogen-bond donors (Lipinski definition) is 1. The predicted molar refractivity (Wildman–Crippen MR) is 119 cm³/mol. The molecule has 1 fully saturated rings. The molecule has 28 heavy (non-hydrogen) atoms. The van der Waals surface area contributed by atoms with Gasteiger partial charge in [-0.25, -0.2) is 9.37 Å². The van der Waals surface area contributed by atoms with Crippen molar-refractivity contribution in [1.29, 1.82) is 0 Å². The number of hydrogen-bond acceptors (Lipinski definition) is 4. The normalized spacial score (nSPS) is 14.2. The lowest BCUT2D eigenvalue weighted by Crippen LogP contribution is -2.50. The van der Waals surface area contributed by atoms with E-state index in [0.29, 0.717) is 0 Å². The van der Waals surface area contributed by atoms with Crippen molar-refractivity contribution in [3.63, 3.8) is 0 Å². The third kappa shape index (κ3) is 4.15. The van der Waals surface area contributed by atoms with Gasteiger partial charge in [-0.1, -0.05) is 18.2 Å². The minimum absolute atomic E-state index is 0.231. The zero-order valence-electron chi connectivity index (χ0n) is 15.6. The number of nitrogens with zero attached hydrogens (tertiary/aromatic N) is 3. The van der Waals surface area contributed by atoms with E-state index in [1.165, 1.54) is 17.7 Å². The van der Waals surface area contributed by atoms with Gasteiger partial charge >= 0.3 is 0 Å². The lowest BCUT2D eigenvalue weighted by atomic mass is 10.2. The summed E-state index contributed by atoms with van der Waals surface area (Å²) in [6.07, 6.45) is 0. The Morgan fingerprint density at radius 1 is 1.07 bits per heavy atom. The van der Waals surface area contributed by atoms with Crippen LogP contribution in [0.4, 0.5) is 15.2 Å². The van der Waals surface area contributed by atoms with Gasteiger partial charge in [-0.15, -0.1) is 11.3 Å². The van der Waals surface area contributed by atoms with Crippen molar-refractivity contribution in [2.45, 2.75) is 6.92 Å². The molecular formula is C21H21FN4S2. The minimum Gasteiger partial charge on any atom is -0.345 e. The van der Waals surface area contributed by atoms with E-state index in [0.717, 1.165) is 53.4 Å². The van der Waals surface area contributed by atoms with Gasteiger partial charge in [-0.3, -0.25) is 0 Å². The number of anilines is 2. The van der Waals surface area contributed by atoms with Gasteiger partial charge in [0, 0.05) is 42.8 Å². The fourth-order valence-electron chi connectivity index (χ4n) is 3.17. The average Bonchev–Trinajstić information content (AvgIpc) is 3.20. The molecule has 3 aromatic rings. The van der Waals surface area contributed by atoms with Crippen LogP contribution in [0.3, 0.4) is 0 Å². The van der Waals surface area contributed by atoms with Crippen molar-refractivity contribution in [3.8, 4) is 11.3 Å². The zero-order chi connectivity index (χ0) is 19.5. The predicted octanol–water partition coefficient (Wildman–Crippen LogP) is 4.78. The number of benzene rings is 2. The maximum absolute atomic E-state index is 13.1. The van der Waals surface area contributed by atoms with Gasteiger partial charge in [0.05, 0.1) is 5.69 Å². The van der Waals surface area contributed by atoms with E-state index < -0.39 is 0 Å². The van der Waals surface area contributed by atoms with E-state index in [1.807, 2.05) is 23.6 Å². The van der Waals surface area contributed by atoms with E-state index in [9.17, 15) is 4.39 Å². The van der Waals surface area contributed by atoms with Crippen LogP contribution >= 0.6 is 23.6 Å². The van der Waals surface area contributed by atoms with Gasteiger partial charge in [-0.05, 0) is 55.0 Å². The number of rotatable bonds is 3. The van der Waals surface area contributed by atoms with Crippen molar-refractivity contribution in [2.24, 2.45) is 0 Å². The summed E-state index contributed by atoms with van der Waals surface area (Å²) in [6, 6.07) is 14.6. The Hall–Kier alpha value is -2.51. The van der Waals surface area contributed by atoms with Crippen LogP contribution in [-0.2, 0) is 0 Å². The summed E-state index contributed by atoms with van der Waals surface area (Å²) < 4.78 is 13.1. The molecule has 1 aliphatic heterocycles. The molecule has 0 aliphatic carbocycles. The van der Waals surface area contributed by atoms with Gasteiger partial charge < -0.3 is 15.1 Å². The van der Waals surface area contributed by atoms with Gasteiger partial charge in [-0.2, -0.15) is 0 Å². The quantitative estimate of drug-likeness (QED) is 0.626. The van der Waals surface area contributed by atoms with Crippen LogP contribution in [0, 0.1) is 12.7 Å². The summed E-state index contributed by atoms with van der Waals surface area (Å²) in [7, 11) is 0. The smallest absolute Gasteiger partial charge is 0.185 e. The SMILES string of the molecule is Cc1ccccc1NC(=S)N1CCN(c2nc(-c3ccc(F)cc3)cs2)CC1. The van der Waals surface area contributed by atoms with Gasteiger partial charge in [0.2, 0.25) is 0 Å². The van der Waals surface area contributed by atoms with E-state index in [1.54, 1.807) is 23.5 Å². The molecule has 7 heteroatoms. The first kappa shape index (κ1) is 18.8. The van der Waals surface area contributed by atoms with Crippen molar-refractivity contribution in [1.82, 2.24) is 9.88 Å². The number of nitrogens with one attached hydrogen (secondary N) is 1. The van der Waals surface area contributed by atoms with E-state index in [4.69, 9.17) is 17.2 Å². The number of aryl methyl sites for hydroxylation is 1. The molecule has 0 saturated carbocycles. The summed E-state index contributed by atoms with van der Waals surface area (Å²) in [5, 5.41) is 7.15. The number of halogens is 1. The first-order valence-corrected chi connectivity index (χ1v) is 10.5. The number of para-hydroxylation sites is 1. The fourth-order valence-corrected chi connectivity index (χ4v) is 4.35. The maximum atomic E-state index is 13.1. The molecule has 1 N–H and O–H groups in total. The molecule has 0 spiro atoms. The summed E-state index contributed by atoms with van der Waals surface area (Å²) in [6.45, 7) is 5.51. The Morgan fingerprint density at radius 2 is 1.79 bits per heavy atom. The van der Waals surface area contributed by atoms with Crippen molar-refractivity contribution >= 4 is 39.5 Å². The molecule has 4 rings (SSSR count). The molecular weight excluding hydrogens is 391 g/mol. The number of thiocarbonyl (C=S) groups is 1. The molecule has 1 saturated heterocycles. The number of aromatic nitrogens is 1. The van der Waals surface area contributed by atoms with Crippen LogP contribution < -0.4 is 10.2 Å². The lowest BCUT2D eigenvalue weighted by Gasteiger charge is -2.36. The summed E-state index contributed by atoms with van der Waals surface area (Å²) in [5.41, 5.74) is 4.06. The second-order valence-electron chi connectivity index (χ2n) is 6.74. The molecule has 144 valence electrons. The first-order valence-electron chi connectivity index (χ1n) is 9.18. The fraction of sp³-hybridized carbons (Fsp3) is 0.238. The largest absolute Gasteiger partial charge is 0.345 e. The minimum atomic E-state index is -0.231. The summed E-state index contributed by atoms with van der Waals surface area (Å²) >= 11 is 7.23. The second-order valence-corrected chi connectivity index (χ2v) is 7.96. The van der Waals surface area contributed by atoms with Crippen LogP contribution in [-0.4, -0.2) is 41.2 Å².